The number of halogens is 1. The van der Waals surface area contributed by atoms with Crippen LogP contribution in [0.15, 0.2) is 18.2 Å². The van der Waals surface area contributed by atoms with Crippen LogP contribution in [-0.2, 0) is 14.0 Å². The SMILES string of the molecule is COC(C)(C)CN1CCC(c2ccc(B3OC(C)(C)C(C)(C)O3)cc2F)CC1. The number of piperidine rings is 1. The molecule has 2 aliphatic heterocycles. The van der Waals surface area contributed by atoms with E-state index in [1.807, 2.05) is 39.8 Å². The van der Waals surface area contributed by atoms with Gasteiger partial charge in [-0.1, -0.05) is 12.1 Å². The molecule has 0 amide bonds. The summed E-state index contributed by atoms with van der Waals surface area (Å²) in [6, 6.07) is 5.48. The number of ether oxygens (including phenoxy) is 1. The molecule has 1 aromatic rings. The van der Waals surface area contributed by atoms with Crippen molar-refractivity contribution < 1.29 is 18.4 Å². The van der Waals surface area contributed by atoms with Gasteiger partial charge in [0.05, 0.1) is 16.8 Å². The maximum atomic E-state index is 15.0. The summed E-state index contributed by atoms with van der Waals surface area (Å²) in [5, 5.41) is 0. The Morgan fingerprint density at radius 3 is 2.21 bits per heavy atom. The monoisotopic (exact) mass is 391 g/mol. The van der Waals surface area contributed by atoms with Crippen molar-refractivity contribution in [3.63, 3.8) is 0 Å². The summed E-state index contributed by atoms with van der Waals surface area (Å²) in [5.41, 5.74) is 0.568. The van der Waals surface area contributed by atoms with Crippen molar-refractivity contribution in [3.8, 4) is 0 Å². The van der Waals surface area contributed by atoms with E-state index in [1.54, 1.807) is 13.2 Å². The van der Waals surface area contributed by atoms with Crippen LogP contribution in [0.4, 0.5) is 4.39 Å². The van der Waals surface area contributed by atoms with Gasteiger partial charge in [-0.15, -0.1) is 0 Å². The highest BCUT2D eigenvalue weighted by Crippen LogP contribution is 2.37. The van der Waals surface area contributed by atoms with E-state index in [1.165, 1.54) is 0 Å². The molecule has 4 nitrogen and oxygen atoms in total. The van der Waals surface area contributed by atoms with Crippen LogP contribution in [-0.4, -0.2) is 55.6 Å². The molecule has 1 aromatic carbocycles. The van der Waals surface area contributed by atoms with Gasteiger partial charge in [-0.25, -0.2) is 4.39 Å². The van der Waals surface area contributed by atoms with E-state index in [0.717, 1.165) is 43.5 Å². The van der Waals surface area contributed by atoms with Crippen molar-refractivity contribution >= 4 is 12.6 Å². The van der Waals surface area contributed by atoms with Crippen LogP contribution in [0.2, 0.25) is 0 Å². The Bertz CT molecular complexity index is 683. The van der Waals surface area contributed by atoms with E-state index in [-0.39, 0.29) is 17.3 Å². The van der Waals surface area contributed by atoms with E-state index in [2.05, 4.69) is 18.7 Å². The van der Waals surface area contributed by atoms with Gasteiger partial charge < -0.3 is 18.9 Å². The standard InChI is InChI=1S/C22H35BFNO3/c1-20(2,26-7)15-25-12-10-16(11-13-25)18-9-8-17(14-19(18)24)23-27-21(3,4)22(5,6)28-23/h8-9,14,16H,10-13,15H2,1-7H3. The quantitative estimate of drug-likeness (QED) is 0.716. The molecule has 2 fully saturated rings. The molecule has 6 heteroatoms. The highest BCUT2D eigenvalue weighted by atomic mass is 19.1. The van der Waals surface area contributed by atoms with Crippen molar-refractivity contribution in [3.05, 3.63) is 29.6 Å². The summed E-state index contributed by atoms with van der Waals surface area (Å²) in [5.74, 6) is 0.108. The molecule has 0 spiro atoms. The van der Waals surface area contributed by atoms with Gasteiger partial charge in [0.15, 0.2) is 0 Å². The summed E-state index contributed by atoms with van der Waals surface area (Å²) in [4.78, 5) is 2.41. The first kappa shape index (κ1) is 21.8. The van der Waals surface area contributed by atoms with Crippen LogP contribution in [0.1, 0.15) is 65.9 Å². The fourth-order valence-corrected chi connectivity index (χ4v) is 4.01. The molecule has 156 valence electrons. The zero-order chi connectivity index (χ0) is 20.7. The smallest absolute Gasteiger partial charge is 0.399 e. The number of rotatable bonds is 5. The molecule has 0 atom stereocenters. The molecule has 0 saturated carbocycles. The second-order valence-electron chi connectivity index (χ2n) is 9.88. The van der Waals surface area contributed by atoms with Crippen LogP contribution < -0.4 is 5.46 Å². The summed E-state index contributed by atoms with van der Waals surface area (Å²) in [6.45, 7) is 15.1. The van der Waals surface area contributed by atoms with E-state index < -0.39 is 18.3 Å². The zero-order valence-electron chi connectivity index (χ0n) is 18.5. The topological polar surface area (TPSA) is 30.9 Å². The molecule has 2 heterocycles. The van der Waals surface area contributed by atoms with Gasteiger partial charge in [-0.2, -0.15) is 0 Å². The third-order valence-corrected chi connectivity index (χ3v) is 6.73. The van der Waals surface area contributed by atoms with Crippen LogP contribution >= 0.6 is 0 Å². The normalized spacial score (nSPS) is 23.4. The van der Waals surface area contributed by atoms with Crippen molar-refractivity contribution in [2.75, 3.05) is 26.7 Å². The Balaban J connectivity index is 1.65. The van der Waals surface area contributed by atoms with E-state index in [9.17, 15) is 4.39 Å². The summed E-state index contributed by atoms with van der Waals surface area (Å²) in [6.07, 6.45) is 1.93. The highest BCUT2D eigenvalue weighted by molar-refractivity contribution is 6.62. The highest BCUT2D eigenvalue weighted by Gasteiger charge is 2.51. The van der Waals surface area contributed by atoms with Gasteiger partial charge in [0.2, 0.25) is 0 Å². The number of likely N-dealkylation sites (tertiary alicyclic amines) is 1. The predicted octanol–water partition coefficient (Wildman–Crippen LogP) is 3.73. The largest absolute Gasteiger partial charge is 0.494 e. The van der Waals surface area contributed by atoms with Gasteiger partial charge in [0, 0.05) is 13.7 Å². The van der Waals surface area contributed by atoms with Crippen molar-refractivity contribution in [2.24, 2.45) is 0 Å². The average Bonchev–Trinajstić information content (AvgIpc) is 2.83. The lowest BCUT2D eigenvalue weighted by molar-refractivity contribution is -0.0125. The molecule has 0 radical (unpaired) electrons. The van der Waals surface area contributed by atoms with Gasteiger partial charge in [0.25, 0.3) is 0 Å². The maximum Gasteiger partial charge on any atom is 0.494 e. The van der Waals surface area contributed by atoms with Crippen molar-refractivity contribution in [1.82, 2.24) is 4.90 Å². The summed E-state index contributed by atoms with van der Waals surface area (Å²) >= 11 is 0. The van der Waals surface area contributed by atoms with E-state index in [0.29, 0.717) is 0 Å². The third kappa shape index (κ3) is 4.45. The summed E-state index contributed by atoms with van der Waals surface area (Å²) < 4.78 is 32.6. The minimum atomic E-state index is -0.522. The van der Waals surface area contributed by atoms with Crippen LogP contribution in [0, 0.1) is 5.82 Å². The molecule has 2 aliphatic rings. The molecular formula is C22H35BFNO3. The third-order valence-electron chi connectivity index (χ3n) is 6.73. The van der Waals surface area contributed by atoms with Gasteiger partial charge in [-0.3, -0.25) is 0 Å². The van der Waals surface area contributed by atoms with Crippen molar-refractivity contribution in [1.29, 1.82) is 0 Å². The molecule has 0 unspecified atom stereocenters. The molecule has 0 aliphatic carbocycles. The molecule has 0 N–H and O–H groups in total. The van der Waals surface area contributed by atoms with Crippen LogP contribution in [0.5, 0.6) is 0 Å². The second kappa shape index (κ2) is 7.71. The predicted molar refractivity (Wildman–Crippen MR) is 112 cm³/mol. The number of hydrogen-bond donors (Lipinski definition) is 0. The molecular weight excluding hydrogens is 356 g/mol. The van der Waals surface area contributed by atoms with Crippen LogP contribution in [0.25, 0.3) is 0 Å². The van der Waals surface area contributed by atoms with Crippen LogP contribution in [0.3, 0.4) is 0 Å². The zero-order valence-corrected chi connectivity index (χ0v) is 18.5. The first-order chi connectivity index (χ1) is 12.9. The van der Waals surface area contributed by atoms with Crippen molar-refractivity contribution in [2.45, 2.75) is 77.1 Å². The van der Waals surface area contributed by atoms with E-state index in [4.69, 9.17) is 14.0 Å². The molecule has 2 saturated heterocycles. The maximum absolute atomic E-state index is 15.0. The molecule has 0 bridgehead atoms. The molecule has 3 rings (SSSR count). The fourth-order valence-electron chi connectivity index (χ4n) is 4.01. The van der Waals surface area contributed by atoms with Gasteiger partial charge in [0.1, 0.15) is 5.82 Å². The molecule has 0 aromatic heterocycles. The Hall–Kier alpha value is -0.945. The number of hydrogen-bond acceptors (Lipinski definition) is 4. The molecule has 28 heavy (non-hydrogen) atoms. The Morgan fingerprint density at radius 2 is 1.71 bits per heavy atom. The van der Waals surface area contributed by atoms with Gasteiger partial charge in [-0.05, 0) is 90.5 Å². The Labute approximate surface area is 169 Å². The number of benzene rings is 1. The lowest BCUT2D eigenvalue weighted by atomic mass is 9.77. The Kier molecular flexibility index (Phi) is 5.99. The lowest BCUT2D eigenvalue weighted by Gasteiger charge is -2.37. The minimum Gasteiger partial charge on any atom is -0.399 e. The fraction of sp³-hybridized carbons (Fsp3) is 0.727. The lowest BCUT2D eigenvalue weighted by Crippen LogP contribution is -2.43. The Morgan fingerprint density at radius 1 is 1.14 bits per heavy atom. The first-order valence-electron chi connectivity index (χ1n) is 10.4. The summed E-state index contributed by atoms with van der Waals surface area (Å²) in [7, 11) is 1.23. The minimum absolute atomic E-state index is 0.150. The second-order valence-corrected chi connectivity index (χ2v) is 9.88. The van der Waals surface area contributed by atoms with E-state index >= 15 is 0 Å². The number of methoxy groups -OCH3 is 1. The average molecular weight is 391 g/mol. The van der Waals surface area contributed by atoms with Gasteiger partial charge >= 0.3 is 7.12 Å². The number of nitrogens with zero attached hydrogens (tertiary/aromatic N) is 1. The first-order valence-corrected chi connectivity index (χ1v) is 10.4.